The highest BCUT2D eigenvalue weighted by Gasteiger charge is 1.95. The number of Topliss-reactive ketones (excluding diaryl/α,β-unsaturated/α-hetero) is 1. The van der Waals surface area contributed by atoms with Crippen LogP contribution in [-0.4, -0.2) is 11.8 Å². The number of hydrogen-bond acceptors (Lipinski definition) is 2. The summed E-state index contributed by atoms with van der Waals surface area (Å²) < 4.78 is 6.60. The first-order valence-electron chi connectivity index (χ1n) is 2.94. The second kappa shape index (κ2) is 2.75. The van der Waals surface area contributed by atoms with Crippen molar-refractivity contribution in [1.82, 2.24) is 0 Å². The van der Waals surface area contributed by atoms with Gasteiger partial charge < -0.3 is 5.73 Å². The molecule has 2 nitrogen and oxygen atoms in total. The van der Waals surface area contributed by atoms with Gasteiger partial charge in [0.1, 0.15) is 5.78 Å². The van der Waals surface area contributed by atoms with Crippen molar-refractivity contribution >= 4 is 5.78 Å². The number of hydrogen-bond donors (Lipinski definition) is 1. The molecule has 0 heterocycles. The lowest BCUT2D eigenvalue weighted by Gasteiger charge is -1.96. The summed E-state index contributed by atoms with van der Waals surface area (Å²) >= 11 is 0. The SMILES string of the molecule is [2H]CC(=O)CC(C)N. The molecule has 0 saturated carbocycles. The van der Waals surface area contributed by atoms with Gasteiger partial charge in [0.05, 0.1) is 0 Å². The maximum absolute atomic E-state index is 10.4. The third kappa shape index (κ3) is 5.63. The zero-order valence-corrected chi connectivity index (χ0v) is 4.48. The molecule has 0 aliphatic rings. The van der Waals surface area contributed by atoms with E-state index >= 15 is 0 Å². The van der Waals surface area contributed by atoms with Crippen molar-refractivity contribution in [3.63, 3.8) is 0 Å². The Hall–Kier alpha value is -0.370. The van der Waals surface area contributed by atoms with E-state index in [1.807, 2.05) is 0 Å². The largest absolute Gasteiger partial charge is 0.328 e. The van der Waals surface area contributed by atoms with Crippen LogP contribution in [0.5, 0.6) is 0 Å². The summed E-state index contributed by atoms with van der Waals surface area (Å²) in [5.74, 6) is -0.0833. The predicted octanol–water partition coefficient (Wildman–Crippen LogP) is 0.313. The van der Waals surface area contributed by atoms with Gasteiger partial charge in [-0.3, -0.25) is 4.79 Å². The first kappa shape index (κ1) is 4.78. The van der Waals surface area contributed by atoms with Crippen LogP contribution in [0.15, 0.2) is 0 Å². The molecule has 0 amide bonds. The van der Waals surface area contributed by atoms with Gasteiger partial charge in [0.2, 0.25) is 0 Å². The average molecular weight is 102 g/mol. The van der Waals surface area contributed by atoms with Crippen LogP contribution >= 0.6 is 0 Å². The van der Waals surface area contributed by atoms with Crippen LogP contribution in [0.3, 0.4) is 0 Å². The maximum Gasteiger partial charge on any atom is 0.131 e. The maximum atomic E-state index is 10.4. The molecule has 2 heteroatoms. The van der Waals surface area contributed by atoms with Gasteiger partial charge >= 0.3 is 0 Å². The van der Waals surface area contributed by atoms with E-state index in [0.717, 1.165) is 0 Å². The smallest absolute Gasteiger partial charge is 0.131 e. The molecule has 7 heavy (non-hydrogen) atoms. The van der Waals surface area contributed by atoms with Crippen LogP contribution < -0.4 is 5.73 Å². The molecule has 0 aromatic heterocycles. The highest BCUT2D eigenvalue weighted by atomic mass is 16.1. The van der Waals surface area contributed by atoms with Gasteiger partial charge in [0.15, 0.2) is 0 Å². The Morgan fingerprint density at radius 1 is 2.14 bits per heavy atom. The molecule has 1 atom stereocenters. The first-order valence-corrected chi connectivity index (χ1v) is 2.23. The summed E-state index contributed by atoms with van der Waals surface area (Å²) in [4.78, 5) is 10.4. The summed E-state index contributed by atoms with van der Waals surface area (Å²) in [6.45, 7) is 1.62. The molecular weight excluding hydrogens is 90.1 g/mol. The molecule has 1 unspecified atom stereocenters. The Balaban J connectivity index is 3.25. The normalized spacial score (nSPS) is 15.4. The highest BCUT2D eigenvalue weighted by molar-refractivity contribution is 5.75. The van der Waals surface area contributed by atoms with Gasteiger partial charge in [0.25, 0.3) is 0 Å². The van der Waals surface area contributed by atoms with Gasteiger partial charge in [0, 0.05) is 13.8 Å². The van der Waals surface area contributed by atoms with Gasteiger partial charge in [-0.05, 0) is 13.8 Å². The second-order valence-electron chi connectivity index (χ2n) is 1.72. The number of ketones is 1. The van der Waals surface area contributed by atoms with Crippen molar-refractivity contribution in [1.29, 1.82) is 0 Å². The van der Waals surface area contributed by atoms with E-state index in [4.69, 9.17) is 7.10 Å². The Morgan fingerprint density at radius 3 is 2.86 bits per heavy atom. The third-order valence-corrected chi connectivity index (χ3v) is 0.550. The molecule has 0 fully saturated rings. The fourth-order valence-corrected chi connectivity index (χ4v) is 0.359. The fourth-order valence-electron chi connectivity index (χ4n) is 0.359. The van der Waals surface area contributed by atoms with Crippen LogP contribution in [0.1, 0.15) is 21.6 Å². The molecule has 0 bridgehead atoms. The van der Waals surface area contributed by atoms with Crippen LogP contribution in [0.25, 0.3) is 0 Å². The number of carbonyl (C=O) groups excluding carboxylic acids is 1. The molecule has 0 aromatic rings. The van der Waals surface area contributed by atoms with E-state index in [0.29, 0.717) is 6.42 Å². The van der Waals surface area contributed by atoms with Gasteiger partial charge in [-0.2, -0.15) is 0 Å². The lowest BCUT2D eigenvalue weighted by atomic mass is 10.2. The molecule has 0 radical (unpaired) electrons. The molecule has 0 spiro atoms. The van der Waals surface area contributed by atoms with Crippen molar-refractivity contribution in [2.45, 2.75) is 26.3 Å². The van der Waals surface area contributed by atoms with Gasteiger partial charge in [-0.25, -0.2) is 0 Å². The Labute approximate surface area is 45.1 Å². The van der Waals surface area contributed by atoms with E-state index in [2.05, 4.69) is 0 Å². The molecule has 0 aromatic carbocycles. The van der Waals surface area contributed by atoms with E-state index in [1.165, 1.54) is 0 Å². The number of rotatable bonds is 2. The molecule has 0 aliphatic heterocycles. The molecular formula is C5H11NO. The molecule has 0 saturated heterocycles. The van der Waals surface area contributed by atoms with Gasteiger partial charge in [-0.15, -0.1) is 0 Å². The molecule has 0 rings (SSSR count). The van der Waals surface area contributed by atoms with Crippen LogP contribution in [0.2, 0.25) is 0 Å². The topological polar surface area (TPSA) is 43.1 Å². The van der Waals surface area contributed by atoms with Crippen LogP contribution in [0.4, 0.5) is 0 Å². The molecule has 2 N–H and O–H groups in total. The summed E-state index contributed by atoms with van der Waals surface area (Å²) in [5.41, 5.74) is 5.26. The lowest BCUT2D eigenvalue weighted by molar-refractivity contribution is -0.117. The van der Waals surface area contributed by atoms with Crippen molar-refractivity contribution in [3.8, 4) is 0 Å². The number of nitrogens with two attached hydrogens (primary N) is 1. The Kier molecular flexibility index (Phi) is 1.88. The minimum absolute atomic E-state index is 0.0833. The standard InChI is InChI=1S/C5H11NO/c1-4(6)3-5(2)7/h4H,3,6H2,1-2H3/i2D. The van der Waals surface area contributed by atoms with Crippen LogP contribution in [-0.2, 0) is 4.79 Å². The summed E-state index contributed by atoms with van der Waals surface area (Å²) in [7, 11) is 0. The predicted molar refractivity (Wildman–Crippen MR) is 28.9 cm³/mol. The lowest BCUT2D eigenvalue weighted by Crippen LogP contribution is -2.17. The third-order valence-electron chi connectivity index (χ3n) is 0.550. The van der Waals surface area contributed by atoms with Gasteiger partial charge in [-0.1, -0.05) is 0 Å². The van der Waals surface area contributed by atoms with E-state index in [1.54, 1.807) is 6.92 Å². The van der Waals surface area contributed by atoms with Crippen molar-refractivity contribution < 1.29 is 6.17 Å². The fraction of sp³-hybridized carbons (Fsp3) is 0.800. The Bertz CT molecular complexity index is 82.5. The highest BCUT2D eigenvalue weighted by Crippen LogP contribution is 1.84. The van der Waals surface area contributed by atoms with Crippen molar-refractivity contribution in [2.24, 2.45) is 5.73 Å². The number of carbonyl (C=O) groups is 1. The van der Waals surface area contributed by atoms with Crippen LogP contribution in [0, 0.1) is 0 Å². The summed E-state index contributed by atoms with van der Waals surface area (Å²) in [6.07, 6.45) is 0.337. The zero-order valence-electron chi connectivity index (χ0n) is 5.48. The minimum atomic E-state index is -0.137. The first-order chi connectivity index (χ1) is 3.66. The summed E-state index contributed by atoms with van der Waals surface area (Å²) in [5, 5.41) is 0. The molecule has 0 aliphatic carbocycles. The zero-order chi connectivity index (χ0) is 6.57. The second-order valence-corrected chi connectivity index (χ2v) is 1.72. The minimum Gasteiger partial charge on any atom is -0.328 e. The Morgan fingerprint density at radius 2 is 2.71 bits per heavy atom. The average Bonchev–Trinajstić information content (AvgIpc) is 1.65. The van der Waals surface area contributed by atoms with E-state index in [9.17, 15) is 4.79 Å². The monoisotopic (exact) mass is 102 g/mol. The van der Waals surface area contributed by atoms with Crippen molar-refractivity contribution in [3.05, 3.63) is 0 Å². The molecule has 42 valence electrons. The van der Waals surface area contributed by atoms with E-state index in [-0.39, 0.29) is 18.7 Å². The summed E-state index contributed by atoms with van der Waals surface area (Å²) in [6, 6.07) is -0.0900. The van der Waals surface area contributed by atoms with Crippen molar-refractivity contribution in [2.75, 3.05) is 0 Å². The van der Waals surface area contributed by atoms with E-state index < -0.39 is 0 Å². The quantitative estimate of drug-likeness (QED) is 0.545.